The molecule has 4 rings (SSSR count). The number of para-hydroxylation sites is 1. The van der Waals surface area contributed by atoms with Gasteiger partial charge in [0.15, 0.2) is 18.1 Å². The first-order chi connectivity index (χ1) is 14.6. The van der Waals surface area contributed by atoms with Crippen molar-refractivity contribution in [2.24, 2.45) is 0 Å². The summed E-state index contributed by atoms with van der Waals surface area (Å²) in [4.78, 5) is 23.9. The first-order valence-corrected chi connectivity index (χ1v) is 10.3. The third-order valence-corrected chi connectivity index (χ3v) is 5.12. The number of carbonyl (C=O) groups excluding carboxylic acids is 2. The number of hydrogen-bond donors (Lipinski definition) is 1. The van der Waals surface area contributed by atoms with Gasteiger partial charge in [0.2, 0.25) is 0 Å². The predicted molar refractivity (Wildman–Crippen MR) is 110 cm³/mol. The average Bonchev–Trinajstić information content (AvgIpc) is 3.10. The fourth-order valence-corrected chi connectivity index (χ4v) is 3.65. The van der Waals surface area contributed by atoms with Crippen LogP contribution < -0.4 is 19.5 Å². The van der Waals surface area contributed by atoms with Gasteiger partial charge in [-0.1, -0.05) is 24.6 Å². The number of ether oxygens (including phenoxy) is 4. The summed E-state index contributed by atoms with van der Waals surface area (Å²) in [6, 6.07) is 14.5. The Balaban J connectivity index is 1.20. The van der Waals surface area contributed by atoms with Crippen LogP contribution in [0.4, 0.5) is 5.69 Å². The van der Waals surface area contributed by atoms with E-state index in [-0.39, 0.29) is 19.6 Å². The van der Waals surface area contributed by atoms with Crippen LogP contribution in [-0.2, 0) is 14.3 Å². The van der Waals surface area contributed by atoms with Crippen LogP contribution in [0, 0.1) is 0 Å². The number of amides is 1. The van der Waals surface area contributed by atoms with Crippen molar-refractivity contribution in [3.05, 3.63) is 48.5 Å². The smallest absolute Gasteiger partial charge is 0.309 e. The monoisotopic (exact) mass is 411 g/mol. The molecule has 1 saturated carbocycles. The van der Waals surface area contributed by atoms with Crippen molar-refractivity contribution in [1.82, 2.24) is 0 Å². The molecule has 1 aliphatic heterocycles. The summed E-state index contributed by atoms with van der Waals surface area (Å²) in [5, 5.41) is 2.72. The average molecular weight is 411 g/mol. The van der Waals surface area contributed by atoms with E-state index in [0.717, 1.165) is 25.7 Å². The number of hydrogen-bond acceptors (Lipinski definition) is 6. The van der Waals surface area contributed by atoms with E-state index in [1.165, 1.54) is 6.42 Å². The highest BCUT2D eigenvalue weighted by atomic mass is 16.7. The number of anilines is 1. The number of carbonyl (C=O) groups is 2. The summed E-state index contributed by atoms with van der Waals surface area (Å²) in [5.74, 6) is 0.538. The van der Waals surface area contributed by atoms with Crippen LogP contribution in [0.1, 0.15) is 38.5 Å². The van der Waals surface area contributed by atoms with E-state index in [4.69, 9.17) is 18.9 Å². The second-order valence-electron chi connectivity index (χ2n) is 7.46. The van der Waals surface area contributed by atoms with Crippen LogP contribution in [0.5, 0.6) is 17.2 Å². The number of fused-ring (bicyclic) bond motifs is 1. The molecule has 7 nitrogen and oxygen atoms in total. The summed E-state index contributed by atoms with van der Waals surface area (Å²) in [5.41, 5.74) is 0.568. The zero-order chi connectivity index (χ0) is 20.8. The lowest BCUT2D eigenvalue weighted by Gasteiger charge is -2.31. The van der Waals surface area contributed by atoms with E-state index in [0.29, 0.717) is 22.9 Å². The summed E-state index contributed by atoms with van der Waals surface area (Å²) < 4.78 is 22.5. The van der Waals surface area contributed by atoms with Gasteiger partial charge in [-0.3, -0.25) is 9.59 Å². The molecule has 30 heavy (non-hydrogen) atoms. The van der Waals surface area contributed by atoms with Gasteiger partial charge in [-0.2, -0.15) is 0 Å². The first kappa shape index (κ1) is 20.1. The molecule has 7 heteroatoms. The zero-order valence-electron chi connectivity index (χ0n) is 16.7. The van der Waals surface area contributed by atoms with Crippen molar-refractivity contribution in [3.8, 4) is 17.2 Å². The maximum absolute atomic E-state index is 12.1. The van der Waals surface area contributed by atoms with E-state index >= 15 is 0 Å². The Kier molecular flexibility index (Phi) is 6.07. The van der Waals surface area contributed by atoms with Crippen LogP contribution in [-0.4, -0.2) is 30.9 Å². The summed E-state index contributed by atoms with van der Waals surface area (Å²) in [7, 11) is 0. The molecule has 0 saturated heterocycles. The van der Waals surface area contributed by atoms with Gasteiger partial charge in [0.25, 0.3) is 11.7 Å². The van der Waals surface area contributed by atoms with Gasteiger partial charge in [0.1, 0.15) is 5.75 Å². The lowest BCUT2D eigenvalue weighted by Crippen LogP contribution is -2.40. The van der Waals surface area contributed by atoms with Crippen molar-refractivity contribution in [1.29, 1.82) is 0 Å². The minimum absolute atomic E-state index is 0.0638. The van der Waals surface area contributed by atoms with Gasteiger partial charge in [0, 0.05) is 24.6 Å². The molecule has 1 amide bonds. The van der Waals surface area contributed by atoms with E-state index in [1.807, 2.05) is 18.2 Å². The van der Waals surface area contributed by atoms with E-state index < -0.39 is 17.7 Å². The van der Waals surface area contributed by atoms with Crippen LogP contribution in [0.2, 0.25) is 0 Å². The Morgan fingerprint density at radius 2 is 1.73 bits per heavy atom. The lowest BCUT2D eigenvalue weighted by molar-refractivity contribution is -0.147. The van der Waals surface area contributed by atoms with Gasteiger partial charge in [-0.25, -0.2) is 0 Å². The van der Waals surface area contributed by atoms with Crippen LogP contribution in [0.15, 0.2) is 48.5 Å². The summed E-state index contributed by atoms with van der Waals surface area (Å²) in [6.45, 7) is -0.170. The quantitative estimate of drug-likeness (QED) is 0.692. The highest BCUT2D eigenvalue weighted by Gasteiger charge is 2.42. The molecule has 1 aliphatic carbocycles. The Labute approximate surface area is 175 Å². The number of benzene rings is 2. The van der Waals surface area contributed by atoms with Gasteiger partial charge in [-0.05, 0) is 37.1 Å². The van der Waals surface area contributed by atoms with Gasteiger partial charge in [-0.15, -0.1) is 0 Å². The number of esters is 1. The summed E-state index contributed by atoms with van der Waals surface area (Å²) >= 11 is 0. The molecule has 0 unspecified atom stereocenters. The van der Waals surface area contributed by atoms with Crippen molar-refractivity contribution in [3.63, 3.8) is 0 Å². The molecule has 0 atom stereocenters. The Hall–Kier alpha value is -3.22. The Morgan fingerprint density at radius 3 is 2.53 bits per heavy atom. The van der Waals surface area contributed by atoms with Crippen molar-refractivity contribution < 1.29 is 28.5 Å². The molecule has 0 aromatic heterocycles. The molecule has 1 heterocycles. The van der Waals surface area contributed by atoms with E-state index in [1.54, 1.807) is 30.3 Å². The Morgan fingerprint density at radius 1 is 0.967 bits per heavy atom. The third kappa shape index (κ3) is 5.03. The van der Waals surface area contributed by atoms with Crippen molar-refractivity contribution in [2.45, 2.75) is 44.3 Å². The highest BCUT2D eigenvalue weighted by molar-refractivity contribution is 5.93. The SMILES string of the molecule is O=C(COC(=O)CCOc1ccccc1)Nc1ccc2c(c1)OC1(CCCCC1)O2. The lowest BCUT2D eigenvalue weighted by atomic mass is 9.94. The first-order valence-electron chi connectivity index (χ1n) is 10.3. The standard InChI is InChI=1S/C23H25NO6/c25-21(16-28-22(26)11-14-27-18-7-3-1-4-8-18)24-17-9-10-19-20(15-17)30-23(29-19)12-5-2-6-13-23/h1,3-4,7-10,15H,2,5-6,11-14,16H2,(H,24,25). The molecule has 1 N–H and O–H groups in total. The molecule has 158 valence electrons. The molecule has 0 bridgehead atoms. The second kappa shape index (κ2) is 9.07. The molecule has 2 aromatic rings. The number of rotatable bonds is 7. The van der Waals surface area contributed by atoms with Crippen molar-refractivity contribution >= 4 is 17.6 Å². The molecule has 2 aliphatic rings. The van der Waals surface area contributed by atoms with Crippen LogP contribution in [0.3, 0.4) is 0 Å². The zero-order valence-corrected chi connectivity index (χ0v) is 16.7. The highest BCUT2D eigenvalue weighted by Crippen LogP contribution is 2.46. The van der Waals surface area contributed by atoms with Crippen molar-refractivity contribution in [2.75, 3.05) is 18.5 Å². The fourth-order valence-electron chi connectivity index (χ4n) is 3.65. The van der Waals surface area contributed by atoms with Gasteiger partial charge >= 0.3 is 5.97 Å². The summed E-state index contributed by atoms with van der Waals surface area (Å²) in [6.07, 6.45) is 5.16. The maximum Gasteiger partial charge on any atom is 0.309 e. The van der Waals surface area contributed by atoms with E-state index in [2.05, 4.69) is 5.32 Å². The minimum atomic E-state index is -0.555. The number of nitrogens with one attached hydrogen (secondary N) is 1. The molecule has 2 aromatic carbocycles. The third-order valence-electron chi connectivity index (χ3n) is 5.12. The minimum Gasteiger partial charge on any atom is -0.493 e. The molecular formula is C23H25NO6. The van der Waals surface area contributed by atoms with Gasteiger partial charge < -0.3 is 24.3 Å². The maximum atomic E-state index is 12.1. The molecule has 1 spiro atoms. The normalized spacial score (nSPS) is 16.1. The predicted octanol–water partition coefficient (Wildman–Crippen LogP) is 4.07. The Bertz CT molecular complexity index is 892. The molecular weight excluding hydrogens is 386 g/mol. The fraction of sp³-hybridized carbons (Fsp3) is 0.391. The topological polar surface area (TPSA) is 83.1 Å². The molecule has 0 radical (unpaired) electrons. The van der Waals surface area contributed by atoms with Crippen LogP contribution in [0.25, 0.3) is 0 Å². The second-order valence-corrected chi connectivity index (χ2v) is 7.46. The van der Waals surface area contributed by atoms with Crippen LogP contribution >= 0.6 is 0 Å². The molecule has 1 fully saturated rings. The largest absolute Gasteiger partial charge is 0.493 e. The van der Waals surface area contributed by atoms with E-state index in [9.17, 15) is 9.59 Å². The van der Waals surface area contributed by atoms with Gasteiger partial charge in [0.05, 0.1) is 13.0 Å².